The first-order chi connectivity index (χ1) is 8.25. The smallest absolute Gasteiger partial charge is 0.178 e. The molecule has 1 aromatic carbocycles. The third-order valence-electron chi connectivity index (χ3n) is 3.95. The van der Waals surface area contributed by atoms with Gasteiger partial charge in [-0.25, -0.2) is 0 Å². The highest BCUT2D eigenvalue weighted by atomic mass is 32.2. The van der Waals surface area contributed by atoms with E-state index in [0.29, 0.717) is 5.56 Å². The minimum Gasteiger partial charge on any atom is -0.364 e. The number of aliphatic hydroxyl groups is 2. The Kier molecular flexibility index (Phi) is 3.34. The molecule has 0 saturated heterocycles. The van der Waals surface area contributed by atoms with E-state index in [2.05, 4.69) is 27.7 Å². The molecule has 3 heteroatoms. The molecule has 2 nitrogen and oxygen atoms in total. The first-order valence-corrected chi connectivity index (χ1v) is 6.94. The predicted octanol–water partition coefficient (Wildman–Crippen LogP) is 3.66. The van der Waals surface area contributed by atoms with Gasteiger partial charge in [-0.2, -0.15) is 0 Å². The average Bonchev–Trinajstić information content (AvgIpc) is 2.25. The highest BCUT2D eigenvalue weighted by Gasteiger charge is 2.31. The van der Waals surface area contributed by atoms with Gasteiger partial charge in [-0.15, -0.1) is 11.8 Å². The van der Waals surface area contributed by atoms with Gasteiger partial charge in [0.05, 0.1) is 0 Å². The van der Waals surface area contributed by atoms with E-state index in [-0.39, 0.29) is 4.75 Å². The zero-order chi connectivity index (χ0) is 13.7. The molecule has 0 aliphatic carbocycles. The number of rotatable bonds is 1. The highest BCUT2D eigenvalue weighted by molar-refractivity contribution is 8.01. The van der Waals surface area contributed by atoms with Crippen LogP contribution in [0.4, 0.5) is 0 Å². The Labute approximate surface area is 113 Å². The van der Waals surface area contributed by atoms with E-state index in [4.69, 9.17) is 0 Å². The lowest BCUT2D eigenvalue weighted by Crippen LogP contribution is -2.22. The molecule has 98 valence electrons. The van der Waals surface area contributed by atoms with E-state index in [0.717, 1.165) is 5.56 Å². The van der Waals surface area contributed by atoms with Crippen LogP contribution >= 0.6 is 11.8 Å². The van der Waals surface area contributed by atoms with Gasteiger partial charge in [0.1, 0.15) is 0 Å². The third kappa shape index (κ3) is 2.00. The molecular weight excluding hydrogens is 244 g/mol. The molecule has 0 fully saturated rings. The quantitative estimate of drug-likeness (QED) is 0.761. The van der Waals surface area contributed by atoms with Crippen LogP contribution in [0.3, 0.4) is 0 Å². The zero-order valence-corrected chi connectivity index (χ0v) is 12.4. The minimum absolute atomic E-state index is 0.100. The van der Waals surface area contributed by atoms with Crippen LogP contribution in [-0.2, 0) is 0 Å². The summed E-state index contributed by atoms with van der Waals surface area (Å²) in [4.78, 5) is 1.23. The molecule has 0 radical (unpaired) electrons. The highest BCUT2D eigenvalue weighted by Crippen LogP contribution is 2.49. The second-order valence-corrected chi connectivity index (χ2v) is 7.05. The number of benzene rings is 1. The van der Waals surface area contributed by atoms with Gasteiger partial charge in [0.15, 0.2) is 6.29 Å². The van der Waals surface area contributed by atoms with Gasteiger partial charge >= 0.3 is 0 Å². The minimum atomic E-state index is -1.40. The summed E-state index contributed by atoms with van der Waals surface area (Å²) in [5.41, 5.74) is 5.35. The van der Waals surface area contributed by atoms with Crippen molar-refractivity contribution < 1.29 is 10.2 Å². The maximum atomic E-state index is 9.39. The second kappa shape index (κ2) is 4.41. The largest absolute Gasteiger partial charge is 0.364 e. The summed E-state index contributed by atoms with van der Waals surface area (Å²) in [6.45, 7) is 10.7. The molecular formula is C15H20O2S. The Hall–Kier alpha value is -0.770. The van der Waals surface area contributed by atoms with Crippen molar-refractivity contribution in [3.05, 3.63) is 34.4 Å². The lowest BCUT2D eigenvalue weighted by Gasteiger charge is -2.34. The van der Waals surface area contributed by atoms with Crippen molar-refractivity contribution in [2.24, 2.45) is 0 Å². The fourth-order valence-electron chi connectivity index (χ4n) is 2.52. The standard InChI is InChI=1S/C15H20O2S/c1-8-10(3)15(4,5)18-12-7-6-11(14(16)17)9(2)13(8)12/h6-7,14,16-17H,1-5H3. The Balaban J connectivity index is 2.70. The Morgan fingerprint density at radius 3 is 2.28 bits per heavy atom. The number of thioether (sulfide) groups is 1. The van der Waals surface area contributed by atoms with Crippen molar-refractivity contribution in [3.8, 4) is 0 Å². The maximum absolute atomic E-state index is 9.39. The molecule has 0 spiro atoms. The van der Waals surface area contributed by atoms with Gasteiger partial charge in [-0.1, -0.05) is 11.6 Å². The molecule has 0 amide bonds. The van der Waals surface area contributed by atoms with E-state index in [1.807, 2.05) is 30.8 Å². The lowest BCUT2D eigenvalue weighted by molar-refractivity contribution is -0.0429. The first-order valence-electron chi connectivity index (χ1n) is 6.12. The summed E-state index contributed by atoms with van der Waals surface area (Å²) in [6.07, 6.45) is -1.40. The van der Waals surface area contributed by atoms with Gasteiger partial charge in [0.25, 0.3) is 0 Å². The summed E-state index contributed by atoms with van der Waals surface area (Å²) < 4.78 is 0.100. The summed E-state index contributed by atoms with van der Waals surface area (Å²) in [6, 6.07) is 3.81. The second-order valence-electron chi connectivity index (χ2n) is 5.39. The SMILES string of the molecule is CC1=C(C)C(C)(C)Sc2ccc(C(O)O)c(C)c21. The van der Waals surface area contributed by atoms with Crippen LogP contribution < -0.4 is 0 Å². The van der Waals surface area contributed by atoms with Crippen LogP contribution in [0.2, 0.25) is 0 Å². The van der Waals surface area contributed by atoms with Gasteiger partial charge in [0, 0.05) is 15.2 Å². The molecule has 1 aliphatic heterocycles. The molecule has 0 saturated carbocycles. The lowest BCUT2D eigenvalue weighted by atomic mass is 9.89. The van der Waals surface area contributed by atoms with E-state index in [1.165, 1.54) is 21.6 Å². The summed E-state index contributed by atoms with van der Waals surface area (Å²) >= 11 is 1.84. The molecule has 1 aliphatic rings. The number of hydrogen-bond donors (Lipinski definition) is 2. The van der Waals surface area contributed by atoms with Crippen LogP contribution in [0.1, 0.15) is 50.7 Å². The Morgan fingerprint density at radius 2 is 1.72 bits per heavy atom. The van der Waals surface area contributed by atoms with Crippen molar-refractivity contribution in [2.45, 2.75) is 50.6 Å². The summed E-state index contributed by atoms with van der Waals surface area (Å²) in [5, 5.41) is 18.8. The van der Waals surface area contributed by atoms with Gasteiger partial charge in [-0.3, -0.25) is 0 Å². The summed E-state index contributed by atoms with van der Waals surface area (Å²) in [5.74, 6) is 0. The van der Waals surface area contributed by atoms with E-state index in [9.17, 15) is 10.2 Å². The van der Waals surface area contributed by atoms with Gasteiger partial charge in [0.2, 0.25) is 0 Å². The third-order valence-corrected chi connectivity index (χ3v) is 5.33. The zero-order valence-electron chi connectivity index (χ0n) is 11.5. The van der Waals surface area contributed by atoms with Gasteiger partial charge in [-0.05, 0) is 57.4 Å². The fourth-order valence-corrected chi connectivity index (χ4v) is 3.92. The van der Waals surface area contributed by atoms with Crippen LogP contribution in [0.25, 0.3) is 5.57 Å². The molecule has 0 unspecified atom stereocenters. The molecule has 2 rings (SSSR count). The van der Waals surface area contributed by atoms with Crippen LogP contribution in [0, 0.1) is 6.92 Å². The van der Waals surface area contributed by atoms with Crippen molar-refractivity contribution in [1.82, 2.24) is 0 Å². The molecule has 0 aromatic heterocycles. The first kappa shape index (κ1) is 13.7. The molecule has 0 atom stereocenters. The molecule has 18 heavy (non-hydrogen) atoms. The molecule has 0 bridgehead atoms. The van der Waals surface area contributed by atoms with Gasteiger partial charge < -0.3 is 10.2 Å². The maximum Gasteiger partial charge on any atom is 0.178 e. The number of allylic oxidation sites excluding steroid dienone is 1. The van der Waals surface area contributed by atoms with Crippen molar-refractivity contribution >= 4 is 17.3 Å². The molecule has 2 N–H and O–H groups in total. The molecule has 1 aromatic rings. The predicted molar refractivity (Wildman–Crippen MR) is 76.6 cm³/mol. The van der Waals surface area contributed by atoms with E-state index < -0.39 is 6.29 Å². The van der Waals surface area contributed by atoms with Crippen molar-refractivity contribution in [1.29, 1.82) is 0 Å². The Morgan fingerprint density at radius 1 is 1.11 bits per heavy atom. The van der Waals surface area contributed by atoms with Crippen molar-refractivity contribution in [2.75, 3.05) is 0 Å². The van der Waals surface area contributed by atoms with Crippen LogP contribution in [0.15, 0.2) is 22.6 Å². The van der Waals surface area contributed by atoms with E-state index >= 15 is 0 Å². The van der Waals surface area contributed by atoms with Crippen molar-refractivity contribution in [3.63, 3.8) is 0 Å². The fraction of sp³-hybridized carbons (Fsp3) is 0.467. The molecule has 1 heterocycles. The monoisotopic (exact) mass is 264 g/mol. The Bertz CT molecular complexity index is 528. The topological polar surface area (TPSA) is 40.5 Å². The van der Waals surface area contributed by atoms with E-state index in [1.54, 1.807) is 0 Å². The normalized spacial score (nSPS) is 18.2. The average molecular weight is 264 g/mol. The van der Waals surface area contributed by atoms with Crippen LogP contribution in [-0.4, -0.2) is 15.0 Å². The number of aliphatic hydroxyl groups excluding tert-OH is 1. The number of hydrogen-bond acceptors (Lipinski definition) is 3. The number of fused-ring (bicyclic) bond motifs is 1. The van der Waals surface area contributed by atoms with Crippen LogP contribution in [0.5, 0.6) is 0 Å². The summed E-state index contributed by atoms with van der Waals surface area (Å²) in [7, 11) is 0.